The molecule has 0 N–H and O–H groups in total. The van der Waals surface area contributed by atoms with E-state index in [0.29, 0.717) is 0 Å². The molecule has 402 valence electrons. The third-order valence-corrected chi connectivity index (χ3v) is 15.6. The van der Waals surface area contributed by atoms with Crippen molar-refractivity contribution >= 4 is 103 Å². The zero-order chi connectivity index (χ0) is 55.3. The minimum absolute atomic E-state index is 0.00219. The predicted molar refractivity (Wildman–Crippen MR) is 352 cm³/mol. The van der Waals surface area contributed by atoms with Gasteiger partial charge in [-0.25, -0.2) is 10.0 Å². The number of hydrazone groups is 2. The Morgan fingerprint density at radius 1 is 0.317 bits per heavy atom. The van der Waals surface area contributed by atoms with Crippen molar-refractivity contribution in [3.63, 3.8) is 0 Å². The molecule has 0 aliphatic heterocycles. The van der Waals surface area contributed by atoms with Crippen molar-refractivity contribution in [1.29, 1.82) is 0 Å². The second-order valence-corrected chi connectivity index (χ2v) is 21.2. The number of hydrogen-bond donors (Lipinski definition) is 0. The van der Waals surface area contributed by atoms with Gasteiger partial charge in [0.2, 0.25) is 0 Å². The van der Waals surface area contributed by atoms with Gasteiger partial charge < -0.3 is 9.13 Å². The number of rotatable bonds is 22. The lowest BCUT2D eigenvalue weighted by atomic mass is 10.1. The summed E-state index contributed by atoms with van der Waals surface area (Å²) in [6.07, 6.45) is 22.3. The van der Waals surface area contributed by atoms with Crippen molar-refractivity contribution < 1.29 is 0 Å². The Morgan fingerprint density at radius 3 is 1.07 bits per heavy atom. The van der Waals surface area contributed by atoms with Crippen molar-refractivity contribution in [2.24, 2.45) is 10.2 Å². The highest BCUT2D eigenvalue weighted by atomic mass is 15.5. The molecule has 0 radical (unpaired) electrons. The molecule has 10 aromatic carbocycles. The molecule has 0 amide bonds. The first kappa shape index (κ1) is 52.9. The Bertz CT molecular complexity index is 3890. The zero-order valence-electron chi connectivity index (χ0n) is 46.6. The molecule has 0 spiro atoms. The minimum atomic E-state index is -0.00219. The molecule has 0 saturated heterocycles. The molecule has 12 aromatic rings. The molecule has 0 unspecified atom stereocenters. The summed E-state index contributed by atoms with van der Waals surface area (Å²) in [6, 6.07) is 90.6. The van der Waals surface area contributed by atoms with Crippen LogP contribution in [0.3, 0.4) is 0 Å². The molecule has 6 nitrogen and oxygen atoms in total. The van der Waals surface area contributed by atoms with Crippen LogP contribution in [0.15, 0.2) is 265 Å². The first-order valence-electron chi connectivity index (χ1n) is 29.2. The second kappa shape index (κ2) is 25.6. The highest BCUT2D eigenvalue weighted by Crippen LogP contribution is 2.40. The van der Waals surface area contributed by atoms with Crippen LogP contribution in [0.5, 0.6) is 0 Å². The van der Waals surface area contributed by atoms with Crippen LogP contribution in [0, 0.1) is 0 Å². The van der Waals surface area contributed by atoms with Gasteiger partial charge in [0.05, 0.1) is 57.2 Å². The molecule has 0 fully saturated rings. The molecule has 2 aromatic heterocycles. The number of aromatic nitrogens is 2. The van der Waals surface area contributed by atoms with Crippen molar-refractivity contribution in [3.8, 4) is 0 Å². The van der Waals surface area contributed by atoms with E-state index in [4.69, 9.17) is 10.2 Å². The molecule has 12 rings (SSSR count). The summed E-state index contributed by atoms with van der Waals surface area (Å²) in [5.74, 6) is 0. The third kappa shape index (κ3) is 12.0. The van der Waals surface area contributed by atoms with Gasteiger partial charge in [-0.05, 0) is 131 Å². The third-order valence-electron chi connectivity index (χ3n) is 15.6. The predicted octanol–water partition coefficient (Wildman–Crippen LogP) is 20.8. The zero-order valence-corrected chi connectivity index (χ0v) is 46.6. The number of anilines is 4. The van der Waals surface area contributed by atoms with E-state index in [0.717, 1.165) is 57.8 Å². The van der Waals surface area contributed by atoms with E-state index in [9.17, 15) is 0 Å². The highest BCUT2D eigenvalue weighted by Gasteiger charge is 2.24. The van der Waals surface area contributed by atoms with Crippen LogP contribution in [0.4, 0.5) is 22.7 Å². The van der Waals surface area contributed by atoms with Gasteiger partial charge in [-0.3, -0.25) is 0 Å². The summed E-state index contributed by atoms with van der Waals surface area (Å²) in [5.41, 5.74) is 15.5. The monoisotopic (exact) mass is 1060 g/mol. The Labute approximate surface area is 482 Å². The molecule has 0 bridgehead atoms. The molecule has 2 heterocycles. The lowest BCUT2D eigenvalue weighted by molar-refractivity contribution is 0.418. The average Bonchev–Trinajstić information content (AvgIpc) is 4.22. The first-order chi connectivity index (χ1) is 40.6. The van der Waals surface area contributed by atoms with Crippen LogP contribution in [-0.4, -0.2) is 21.6 Å². The number of benzene rings is 10. The molecule has 82 heavy (non-hydrogen) atoms. The highest BCUT2D eigenvalue weighted by molar-refractivity contribution is 6.11. The van der Waals surface area contributed by atoms with Crippen LogP contribution in [0.2, 0.25) is 0 Å². The van der Waals surface area contributed by atoms with Crippen LogP contribution < -0.4 is 10.0 Å². The lowest BCUT2D eigenvalue weighted by Crippen LogP contribution is -2.18. The normalized spacial score (nSPS) is 12.0. The van der Waals surface area contributed by atoms with Gasteiger partial charge in [0, 0.05) is 21.5 Å². The topological polar surface area (TPSA) is 41.1 Å². The van der Waals surface area contributed by atoms with Gasteiger partial charge in [0.1, 0.15) is 6.17 Å². The van der Waals surface area contributed by atoms with Gasteiger partial charge in [-0.15, -0.1) is 0 Å². The molecular weight excluding hydrogens is 997 g/mol. The largest absolute Gasteiger partial charge is 0.319 e. The van der Waals surface area contributed by atoms with E-state index < -0.39 is 0 Å². The summed E-state index contributed by atoms with van der Waals surface area (Å²) >= 11 is 0. The number of hydrogen-bond acceptors (Lipinski definition) is 4. The van der Waals surface area contributed by atoms with Crippen LogP contribution in [0.1, 0.15) is 97.8 Å². The summed E-state index contributed by atoms with van der Waals surface area (Å²) < 4.78 is 5.27. The van der Waals surface area contributed by atoms with E-state index in [-0.39, 0.29) is 6.17 Å². The fourth-order valence-corrected chi connectivity index (χ4v) is 11.4. The van der Waals surface area contributed by atoms with E-state index in [2.05, 4.69) is 271 Å². The van der Waals surface area contributed by atoms with Gasteiger partial charge in [-0.1, -0.05) is 240 Å². The van der Waals surface area contributed by atoms with Crippen molar-refractivity contribution in [1.82, 2.24) is 9.13 Å². The van der Waals surface area contributed by atoms with Crippen LogP contribution >= 0.6 is 0 Å². The Kier molecular flexibility index (Phi) is 16.5. The first-order valence-corrected chi connectivity index (χ1v) is 29.2. The van der Waals surface area contributed by atoms with Crippen molar-refractivity contribution in [3.05, 3.63) is 288 Å². The molecule has 0 saturated carbocycles. The molecule has 0 atom stereocenters. The Hall–Kier alpha value is -9.78. The van der Waals surface area contributed by atoms with E-state index in [1.54, 1.807) is 0 Å². The fraction of sp³-hybridized carbons (Fsp3) is 0.132. The van der Waals surface area contributed by atoms with E-state index in [1.807, 2.05) is 46.7 Å². The summed E-state index contributed by atoms with van der Waals surface area (Å²) in [7, 11) is 0. The molecular formula is C76H68N6. The second-order valence-electron chi connectivity index (χ2n) is 21.2. The number of fused-ring (bicyclic) bond motifs is 6. The number of para-hydroxylation sites is 4. The summed E-state index contributed by atoms with van der Waals surface area (Å²) in [4.78, 5) is 0. The van der Waals surface area contributed by atoms with Gasteiger partial charge in [0.15, 0.2) is 0 Å². The van der Waals surface area contributed by atoms with Crippen molar-refractivity contribution in [2.45, 2.75) is 64.5 Å². The summed E-state index contributed by atoms with van der Waals surface area (Å²) in [5, 5.41) is 19.4. The molecule has 0 aliphatic rings. The van der Waals surface area contributed by atoms with Gasteiger partial charge >= 0.3 is 0 Å². The van der Waals surface area contributed by atoms with Crippen molar-refractivity contribution in [2.75, 3.05) is 10.0 Å². The van der Waals surface area contributed by atoms with Crippen LogP contribution in [0.25, 0.3) is 67.9 Å². The lowest BCUT2D eigenvalue weighted by Gasteiger charge is -2.26. The van der Waals surface area contributed by atoms with Gasteiger partial charge in [-0.2, -0.15) is 10.2 Å². The molecule has 6 heteroatoms. The Balaban J connectivity index is 0.899. The SMILES string of the molecule is CCCCCCCCCC(n1c2ccccc2c2cc(/C=N/N(c3ccccc3)c3ccc(/C=C/c4ccccc4)cc3)ccc21)n1c2ccccc2c2cc(/C=N/N(c3ccccc3)c3ccc(/C=C/c4ccccc4)cc3)ccc21. The maximum atomic E-state index is 5.22. The van der Waals surface area contributed by atoms with Crippen LogP contribution in [-0.2, 0) is 0 Å². The standard InChI is InChI=1S/C76H68N6/c1-2-3-4-5-6-7-20-37-76(79-72-35-23-21-33-68(72)70-54-62(46-52-74(70)79)56-77-81(64-29-16-10-17-30-64)66-48-42-60(43-49-66)40-38-58-25-12-8-13-26-58)80-73-36-24-22-34-69(73)71-55-63(47-53-75(71)80)57-78-82(65-31-18-11-19-32-65)67-50-44-61(45-51-67)41-39-59-27-14-9-15-28-59/h8-19,21-36,38-57,76H,2-7,20,37H2,1H3/b40-38+,41-39+,77-56+,78-57+. The Morgan fingerprint density at radius 2 is 0.646 bits per heavy atom. The summed E-state index contributed by atoms with van der Waals surface area (Å²) in [6.45, 7) is 2.30. The maximum Gasteiger partial charge on any atom is 0.111 e. The van der Waals surface area contributed by atoms with E-state index in [1.165, 1.54) is 93.3 Å². The minimum Gasteiger partial charge on any atom is -0.319 e. The van der Waals surface area contributed by atoms with Gasteiger partial charge in [0.25, 0.3) is 0 Å². The number of unbranched alkanes of at least 4 members (excludes halogenated alkanes) is 6. The maximum absolute atomic E-state index is 5.22. The smallest absolute Gasteiger partial charge is 0.111 e. The fourth-order valence-electron chi connectivity index (χ4n) is 11.4. The molecule has 0 aliphatic carbocycles. The van der Waals surface area contributed by atoms with E-state index >= 15 is 0 Å². The average molecular weight is 1070 g/mol. The number of nitrogens with zero attached hydrogens (tertiary/aromatic N) is 6. The quantitative estimate of drug-likeness (QED) is 0.0294.